The van der Waals surface area contributed by atoms with Crippen molar-refractivity contribution in [1.29, 1.82) is 0 Å². The minimum atomic E-state index is 0.459. The highest BCUT2D eigenvalue weighted by Gasteiger charge is 1.99. The summed E-state index contributed by atoms with van der Waals surface area (Å²) in [6.45, 7) is 8.22. The van der Waals surface area contributed by atoms with Crippen LogP contribution in [0.25, 0.3) is 0 Å². The molecule has 0 saturated heterocycles. The van der Waals surface area contributed by atoms with Crippen LogP contribution < -0.4 is 5.32 Å². The predicted octanol–water partition coefficient (Wildman–Crippen LogP) is 1.57. The summed E-state index contributed by atoms with van der Waals surface area (Å²) in [6, 6.07) is 2.52. The molecule has 0 aliphatic heterocycles. The fourth-order valence-electron chi connectivity index (χ4n) is 1.01. The first-order chi connectivity index (χ1) is 5.74. The SMILES string of the molecule is CCNCc1ccn(C(C)C)n1. The molecule has 0 unspecified atom stereocenters. The van der Waals surface area contributed by atoms with Gasteiger partial charge in [-0.3, -0.25) is 4.68 Å². The normalized spacial score (nSPS) is 11.0. The van der Waals surface area contributed by atoms with E-state index in [4.69, 9.17) is 0 Å². The van der Waals surface area contributed by atoms with Crippen LogP contribution in [0.5, 0.6) is 0 Å². The average Bonchev–Trinajstić information content (AvgIpc) is 2.48. The Hall–Kier alpha value is -0.830. The van der Waals surface area contributed by atoms with Crippen molar-refractivity contribution in [2.24, 2.45) is 0 Å². The van der Waals surface area contributed by atoms with Gasteiger partial charge in [-0.2, -0.15) is 5.10 Å². The van der Waals surface area contributed by atoms with Gasteiger partial charge in [0.25, 0.3) is 0 Å². The summed E-state index contributed by atoms with van der Waals surface area (Å²) in [5, 5.41) is 7.64. The topological polar surface area (TPSA) is 29.9 Å². The number of aromatic nitrogens is 2. The zero-order valence-corrected chi connectivity index (χ0v) is 8.04. The molecule has 1 aromatic heterocycles. The lowest BCUT2D eigenvalue weighted by molar-refractivity contribution is 0.522. The molecule has 1 rings (SSSR count). The second-order valence-corrected chi connectivity index (χ2v) is 3.16. The fourth-order valence-corrected chi connectivity index (χ4v) is 1.01. The van der Waals surface area contributed by atoms with Gasteiger partial charge in [-0.1, -0.05) is 6.92 Å². The van der Waals surface area contributed by atoms with Crippen LogP contribution in [0, 0.1) is 0 Å². The molecule has 0 aliphatic carbocycles. The van der Waals surface area contributed by atoms with Crippen LogP contribution in [0.3, 0.4) is 0 Å². The zero-order valence-electron chi connectivity index (χ0n) is 8.04. The molecule has 0 amide bonds. The summed E-state index contributed by atoms with van der Waals surface area (Å²) in [6.07, 6.45) is 2.03. The van der Waals surface area contributed by atoms with Crippen LogP contribution >= 0.6 is 0 Å². The van der Waals surface area contributed by atoms with E-state index >= 15 is 0 Å². The van der Waals surface area contributed by atoms with Crippen molar-refractivity contribution in [2.45, 2.75) is 33.4 Å². The number of hydrogen-bond donors (Lipinski definition) is 1. The van der Waals surface area contributed by atoms with E-state index in [1.807, 2.05) is 10.9 Å². The maximum Gasteiger partial charge on any atom is 0.0762 e. The molecule has 0 aliphatic rings. The third-order valence-electron chi connectivity index (χ3n) is 1.75. The van der Waals surface area contributed by atoms with E-state index in [0.717, 1.165) is 18.8 Å². The lowest BCUT2D eigenvalue weighted by atomic mass is 10.4. The van der Waals surface area contributed by atoms with Gasteiger partial charge in [-0.25, -0.2) is 0 Å². The molecule has 0 aromatic carbocycles. The Kier molecular flexibility index (Phi) is 3.29. The minimum Gasteiger partial charge on any atom is -0.311 e. The Bertz CT molecular complexity index is 227. The van der Waals surface area contributed by atoms with E-state index in [1.165, 1.54) is 0 Å². The van der Waals surface area contributed by atoms with Crippen LogP contribution in [-0.2, 0) is 6.54 Å². The monoisotopic (exact) mass is 167 g/mol. The minimum absolute atomic E-state index is 0.459. The van der Waals surface area contributed by atoms with Gasteiger partial charge >= 0.3 is 0 Å². The van der Waals surface area contributed by atoms with E-state index in [2.05, 4.69) is 37.3 Å². The van der Waals surface area contributed by atoms with Gasteiger partial charge < -0.3 is 5.32 Å². The number of rotatable bonds is 4. The molecule has 1 heterocycles. The van der Waals surface area contributed by atoms with E-state index in [0.29, 0.717) is 6.04 Å². The first kappa shape index (κ1) is 9.26. The third kappa shape index (κ3) is 2.34. The highest BCUT2D eigenvalue weighted by molar-refractivity contribution is 4.98. The van der Waals surface area contributed by atoms with Crippen LogP contribution in [-0.4, -0.2) is 16.3 Å². The summed E-state index contributed by atoms with van der Waals surface area (Å²) >= 11 is 0. The van der Waals surface area contributed by atoms with Crippen molar-refractivity contribution in [3.05, 3.63) is 18.0 Å². The Morgan fingerprint density at radius 2 is 2.33 bits per heavy atom. The summed E-state index contributed by atoms with van der Waals surface area (Å²) < 4.78 is 1.98. The molecule has 0 bridgehead atoms. The highest BCUT2D eigenvalue weighted by atomic mass is 15.3. The molecule has 1 aromatic rings. The molecule has 1 N–H and O–H groups in total. The molecule has 0 radical (unpaired) electrons. The van der Waals surface area contributed by atoms with E-state index in [-0.39, 0.29) is 0 Å². The summed E-state index contributed by atoms with van der Waals surface area (Å²) in [5.41, 5.74) is 1.12. The highest BCUT2D eigenvalue weighted by Crippen LogP contribution is 2.03. The van der Waals surface area contributed by atoms with Crippen LogP contribution in [0.4, 0.5) is 0 Å². The zero-order chi connectivity index (χ0) is 8.97. The molecule has 12 heavy (non-hydrogen) atoms. The molecular formula is C9H17N3. The number of nitrogens with one attached hydrogen (secondary N) is 1. The van der Waals surface area contributed by atoms with Gasteiger partial charge in [0.05, 0.1) is 5.69 Å². The smallest absolute Gasteiger partial charge is 0.0762 e. The van der Waals surface area contributed by atoms with Crippen LogP contribution in [0.15, 0.2) is 12.3 Å². The Balaban J connectivity index is 2.52. The summed E-state index contributed by atoms with van der Waals surface area (Å²) in [5.74, 6) is 0. The van der Waals surface area contributed by atoms with Crippen molar-refractivity contribution in [3.63, 3.8) is 0 Å². The van der Waals surface area contributed by atoms with Gasteiger partial charge in [-0.05, 0) is 26.5 Å². The van der Waals surface area contributed by atoms with E-state index < -0.39 is 0 Å². The maximum absolute atomic E-state index is 4.40. The summed E-state index contributed by atoms with van der Waals surface area (Å²) in [4.78, 5) is 0. The van der Waals surface area contributed by atoms with Crippen molar-refractivity contribution in [1.82, 2.24) is 15.1 Å². The number of nitrogens with zero attached hydrogens (tertiary/aromatic N) is 2. The van der Waals surface area contributed by atoms with Gasteiger partial charge in [0.2, 0.25) is 0 Å². The van der Waals surface area contributed by atoms with Crippen molar-refractivity contribution in [2.75, 3.05) is 6.54 Å². The fraction of sp³-hybridized carbons (Fsp3) is 0.667. The second kappa shape index (κ2) is 4.26. The van der Waals surface area contributed by atoms with Gasteiger partial charge in [-0.15, -0.1) is 0 Å². The van der Waals surface area contributed by atoms with Gasteiger partial charge in [0, 0.05) is 18.8 Å². The van der Waals surface area contributed by atoms with Crippen molar-refractivity contribution >= 4 is 0 Å². The lowest BCUT2D eigenvalue weighted by Crippen LogP contribution is -2.12. The Morgan fingerprint density at radius 1 is 1.58 bits per heavy atom. The number of hydrogen-bond acceptors (Lipinski definition) is 2. The molecule has 0 fully saturated rings. The van der Waals surface area contributed by atoms with Gasteiger partial charge in [0.15, 0.2) is 0 Å². The molecule has 0 spiro atoms. The quantitative estimate of drug-likeness (QED) is 0.737. The molecule has 0 atom stereocenters. The first-order valence-corrected chi connectivity index (χ1v) is 4.48. The van der Waals surface area contributed by atoms with Crippen LogP contribution in [0.1, 0.15) is 32.5 Å². The van der Waals surface area contributed by atoms with Crippen molar-refractivity contribution < 1.29 is 0 Å². The average molecular weight is 167 g/mol. The second-order valence-electron chi connectivity index (χ2n) is 3.16. The first-order valence-electron chi connectivity index (χ1n) is 4.48. The predicted molar refractivity (Wildman–Crippen MR) is 50.0 cm³/mol. The third-order valence-corrected chi connectivity index (χ3v) is 1.75. The molecule has 0 saturated carbocycles. The molecule has 3 nitrogen and oxygen atoms in total. The Labute approximate surface area is 73.8 Å². The Morgan fingerprint density at radius 3 is 2.83 bits per heavy atom. The molecular weight excluding hydrogens is 150 g/mol. The van der Waals surface area contributed by atoms with Crippen molar-refractivity contribution in [3.8, 4) is 0 Å². The largest absolute Gasteiger partial charge is 0.311 e. The standard InChI is InChI=1S/C9H17N3/c1-4-10-7-9-5-6-12(11-9)8(2)3/h5-6,8,10H,4,7H2,1-3H3. The molecule has 68 valence electrons. The lowest BCUT2D eigenvalue weighted by Gasteiger charge is -2.03. The van der Waals surface area contributed by atoms with Crippen LogP contribution in [0.2, 0.25) is 0 Å². The maximum atomic E-state index is 4.40. The molecule has 3 heteroatoms. The summed E-state index contributed by atoms with van der Waals surface area (Å²) in [7, 11) is 0. The van der Waals surface area contributed by atoms with E-state index in [9.17, 15) is 0 Å². The van der Waals surface area contributed by atoms with Gasteiger partial charge in [0.1, 0.15) is 0 Å². The van der Waals surface area contributed by atoms with E-state index in [1.54, 1.807) is 0 Å².